The van der Waals surface area contributed by atoms with Crippen molar-refractivity contribution in [3.8, 4) is 6.07 Å². The summed E-state index contributed by atoms with van der Waals surface area (Å²) >= 11 is 0. The summed E-state index contributed by atoms with van der Waals surface area (Å²) in [6.45, 7) is 1.63. The number of nitriles is 1. The van der Waals surface area contributed by atoms with Crippen LogP contribution in [0.15, 0.2) is 30.3 Å². The molecular formula is C15H18N2O4. The average molecular weight is 290 g/mol. The number of benzene rings is 1. The van der Waals surface area contributed by atoms with E-state index >= 15 is 0 Å². The van der Waals surface area contributed by atoms with Gasteiger partial charge in [-0.1, -0.05) is 30.3 Å². The van der Waals surface area contributed by atoms with Crippen LogP contribution in [0, 0.1) is 17.2 Å². The van der Waals surface area contributed by atoms with Gasteiger partial charge in [0.2, 0.25) is 0 Å². The molecule has 3 atom stereocenters. The van der Waals surface area contributed by atoms with Gasteiger partial charge in [0.1, 0.15) is 6.04 Å². The number of hydrogen-bond donors (Lipinski definition) is 2. The molecule has 6 nitrogen and oxygen atoms in total. The predicted molar refractivity (Wildman–Crippen MR) is 74.7 cm³/mol. The van der Waals surface area contributed by atoms with Crippen LogP contribution in [0.1, 0.15) is 25.0 Å². The highest BCUT2D eigenvalue weighted by Gasteiger charge is 2.27. The SMILES string of the molecule is COC(=O)[C@@H](C[C@@H](C)C#N)NC(=O)[C@@H](O)c1ccccc1. The van der Waals surface area contributed by atoms with Crippen molar-refractivity contribution in [3.05, 3.63) is 35.9 Å². The molecular weight excluding hydrogens is 272 g/mol. The third kappa shape index (κ3) is 4.89. The number of amides is 1. The lowest BCUT2D eigenvalue weighted by atomic mass is 10.0. The Balaban J connectivity index is 2.76. The molecule has 0 heterocycles. The molecule has 0 fully saturated rings. The zero-order valence-corrected chi connectivity index (χ0v) is 11.9. The van der Waals surface area contributed by atoms with Crippen LogP contribution in [0.5, 0.6) is 0 Å². The summed E-state index contributed by atoms with van der Waals surface area (Å²) < 4.78 is 4.60. The summed E-state index contributed by atoms with van der Waals surface area (Å²) in [5, 5.41) is 21.2. The zero-order chi connectivity index (χ0) is 15.8. The van der Waals surface area contributed by atoms with Crippen LogP contribution >= 0.6 is 0 Å². The molecule has 6 heteroatoms. The first-order valence-corrected chi connectivity index (χ1v) is 6.50. The van der Waals surface area contributed by atoms with E-state index in [1.807, 2.05) is 6.07 Å². The number of methoxy groups -OCH3 is 1. The van der Waals surface area contributed by atoms with Gasteiger partial charge >= 0.3 is 5.97 Å². The number of hydrogen-bond acceptors (Lipinski definition) is 5. The number of esters is 1. The van der Waals surface area contributed by atoms with Crippen LogP contribution in [0.25, 0.3) is 0 Å². The predicted octanol–water partition coefficient (Wildman–Crippen LogP) is 0.928. The molecule has 0 aliphatic heterocycles. The second-order valence-electron chi connectivity index (χ2n) is 4.66. The maximum Gasteiger partial charge on any atom is 0.328 e. The van der Waals surface area contributed by atoms with Gasteiger partial charge in [-0.3, -0.25) is 4.79 Å². The maximum atomic E-state index is 12.0. The summed E-state index contributed by atoms with van der Waals surface area (Å²) in [5.41, 5.74) is 0.423. The third-order valence-electron chi connectivity index (χ3n) is 2.98. The van der Waals surface area contributed by atoms with E-state index in [1.54, 1.807) is 37.3 Å². The first-order valence-electron chi connectivity index (χ1n) is 6.50. The Morgan fingerprint density at radius 2 is 2.00 bits per heavy atom. The Bertz CT molecular complexity index is 524. The lowest BCUT2D eigenvalue weighted by Crippen LogP contribution is -2.44. The number of rotatable bonds is 6. The van der Waals surface area contributed by atoms with Gasteiger partial charge in [-0.15, -0.1) is 0 Å². The molecule has 112 valence electrons. The van der Waals surface area contributed by atoms with E-state index in [9.17, 15) is 14.7 Å². The fourth-order valence-corrected chi connectivity index (χ4v) is 1.80. The molecule has 0 saturated carbocycles. The van der Waals surface area contributed by atoms with Crippen LogP contribution < -0.4 is 5.32 Å². The van der Waals surface area contributed by atoms with Crippen LogP contribution in [-0.2, 0) is 14.3 Å². The Labute approximate surface area is 123 Å². The van der Waals surface area contributed by atoms with Gasteiger partial charge in [-0.05, 0) is 18.9 Å². The molecule has 0 saturated heterocycles. The summed E-state index contributed by atoms with van der Waals surface area (Å²) in [4.78, 5) is 23.6. The minimum atomic E-state index is -1.38. The average Bonchev–Trinajstić information content (AvgIpc) is 2.53. The molecule has 0 aliphatic carbocycles. The van der Waals surface area contributed by atoms with Crippen molar-refractivity contribution in [1.29, 1.82) is 5.26 Å². The van der Waals surface area contributed by atoms with E-state index < -0.39 is 29.9 Å². The quantitative estimate of drug-likeness (QED) is 0.759. The molecule has 1 aromatic rings. The third-order valence-corrected chi connectivity index (χ3v) is 2.98. The number of aliphatic hydroxyl groups excluding tert-OH is 1. The van der Waals surface area contributed by atoms with Crippen molar-refractivity contribution in [1.82, 2.24) is 5.32 Å². The van der Waals surface area contributed by atoms with Gasteiger partial charge in [-0.2, -0.15) is 5.26 Å². The van der Waals surface area contributed by atoms with Gasteiger partial charge in [0.15, 0.2) is 6.10 Å². The Hall–Kier alpha value is -2.39. The van der Waals surface area contributed by atoms with E-state index in [1.165, 1.54) is 7.11 Å². The summed E-state index contributed by atoms with van der Waals surface area (Å²) in [6.07, 6.45) is -1.26. The van der Waals surface area contributed by atoms with Crippen LogP contribution in [-0.4, -0.2) is 30.1 Å². The number of aliphatic hydroxyl groups is 1. The molecule has 0 unspecified atom stereocenters. The topological polar surface area (TPSA) is 99.4 Å². The molecule has 1 amide bonds. The first-order chi connectivity index (χ1) is 9.99. The molecule has 0 spiro atoms. The van der Waals surface area contributed by atoms with E-state index in [0.29, 0.717) is 5.56 Å². The number of ether oxygens (including phenoxy) is 1. The largest absolute Gasteiger partial charge is 0.467 e. The van der Waals surface area contributed by atoms with E-state index in [0.717, 1.165) is 0 Å². The van der Waals surface area contributed by atoms with Crippen molar-refractivity contribution in [2.24, 2.45) is 5.92 Å². The fraction of sp³-hybridized carbons (Fsp3) is 0.400. The van der Waals surface area contributed by atoms with E-state index in [-0.39, 0.29) is 6.42 Å². The second kappa shape index (κ2) is 8.02. The number of carbonyl (C=O) groups is 2. The molecule has 0 aromatic heterocycles. The molecule has 1 rings (SSSR count). The number of nitrogens with one attached hydrogen (secondary N) is 1. The number of carbonyl (C=O) groups excluding carboxylic acids is 2. The lowest BCUT2D eigenvalue weighted by Gasteiger charge is -2.19. The fourth-order valence-electron chi connectivity index (χ4n) is 1.80. The van der Waals surface area contributed by atoms with Crippen molar-refractivity contribution < 1.29 is 19.4 Å². The standard InChI is InChI=1S/C15H18N2O4/c1-10(9-16)8-12(15(20)21-2)17-14(19)13(18)11-6-4-3-5-7-11/h3-7,10,12-13,18H,8H2,1-2H3,(H,17,19)/t10-,12-,13+/m1/s1. The summed E-state index contributed by atoms with van der Waals surface area (Å²) in [7, 11) is 1.20. The van der Waals surface area contributed by atoms with Crippen LogP contribution in [0.2, 0.25) is 0 Å². The molecule has 21 heavy (non-hydrogen) atoms. The van der Waals surface area contributed by atoms with Gasteiger partial charge in [0, 0.05) is 5.92 Å². The molecule has 0 bridgehead atoms. The minimum absolute atomic E-state index is 0.121. The van der Waals surface area contributed by atoms with Crippen LogP contribution in [0.3, 0.4) is 0 Å². The molecule has 0 aliphatic rings. The van der Waals surface area contributed by atoms with Crippen molar-refractivity contribution in [2.45, 2.75) is 25.5 Å². The Morgan fingerprint density at radius 3 is 2.52 bits per heavy atom. The highest BCUT2D eigenvalue weighted by molar-refractivity contribution is 5.87. The molecule has 1 aromatic carbocycles. The van der Waals surface area contributed by atoms with Crippen molar-refractivity contribution in [2.75, 3.05) is 7.11 Å². The minimum Gasteiger partial charge on any atom is -0.467 e. The maximum absolute atomic E-state index is 12.0. The lowest BCUT2D eigenvalue weighted by molar-refractivity contribution is -0.146. The molecule has 0 radical (unpaired) electrons. The van der Waals surface area contributed by atoms with Crippen molar-refractivity contribution >= 4 is 11.9 Å². The summed E-state index contributed by atoms with van der Waals surface area (Å²) in [5.74, 6) is -1.78. The normalized spacial score (nSPS) is 14.4. The number of nitrogens with zero attached hydrogens (tertiary/aromatic N) is 1. The Morgan fingerprint density at radius 1 is 1.38 bits per heavy atom. The van der Waals surface area contributed by atoms with Gasteiger partial charge in [-0.25, -0.2) is 4.79 Å². The van der Waals surface area contributed by atoms with Gasteiger partial charge in [0.05, 0.1) is 13.2 Å². The summed E-state index contributed by atoms with van der Waals surface area (Å²) in [6, 6.07) is 9.39. The highest BCUT2D eigenvalue weighted by atomic mass is 16.5. The second-order valence-corrected chi connectivity index (χ2v) is 4.66. The van der Waals surface area contributed by atoms with Crippen molar-refractivity contribution in [3.63, 3.8) is 0 Å². The molecule has 2 N–H and O–H groups in total. The Kier molecular flexibility index (Phi) is 6.37. The van der Waals surface area contributed by atoms with Crippen LogP contribution in [0.4, 0.5) is 0 Å². The monoisotopic (exact) mass is 290 g/mol. The van der Waals surface area contributed by atoms with Gasteiger partial charge < -0.3 is 15.2 Å². The first kappa shape index (κ1) is 16.7. The van der Waals surface area contributed by atoms with Gasteiger partial charge in [0.25, 0.3) is 5.91 Å². The smallest absolute Gasteiger partial charge is 0.328 e. The zero-order valence-electron chi connectivity index (χ0n) is 11.9. The van der Waals surface area contributed by atoms with E-state index in [4.69, 9.17) is 5.26 Å². The highest BCUT2D eigenvalue weighted by Crippen LogP contribution is 2.14. The van der Waals surface area contributed by atoms with E-state index in [2.05, 4.69) is 10.1 Å².